The number of halogens is 2. The molecular formula is C48H41Cl2N3O6S. The number of benzene rings is 5. The molecule has 4 atom stereocenters. The third kappa shape index (κ3) is 9.15. The van der Waals surface area contributed by atoms with Crippen LogP contribution in [0.4, 0.5) is 0 Å². The summed E-state index contributed by atoms with van der Waals surface area (Å²) in [6.07, 6.45) is 0.887. The molecule has 304 valence electrons. The monoisotopic (exact) mass is 857 g/mol. The summed E-state index contributed by atoms with van der Waals surface area (Å²) in [6.45, 7) is 3.19. The van der Waals surface area contributed by atoms with Crippen LogP contribution in [-0.4, -0.2) is 40.6 Å². The Morgan fingerprint density at radius 2 is 1.70 bits per heavy atom. The maximum atomic E-state index is 14.4. The highest BCUT2D eigenvalue weighted by atomic mass is 35.5. The largest absolute Gasteiger partial charge is 0.489 e. The van der Waals surface area contributed by atoms with Crippen LogP contribution in [0.25, 0.3) is 10.4 Å². The molecule has 0 saturated heterocycles. The molecule has 0 radical (unpaired) electrons. The second-order valence-electron chi connectivity index (χ2n) is 14.9. The van der Waals surface area contributed by atoms with Crippen LogP contribution in [0.15, 0.2) is 121 Å². The number of carboxylic acids is 1. The highest BCUT2D eigenvalue weighted by Gasteiger charge is 2.39. The Morgan fingerprint density at radius 1 is 0.933 bits per heavy atom. The molecule has 12 heteroatoms. The maximum absolute atomic E-state index is 14.4. The van der Waals surface area contributed by atoms with Crippen molar-refractivity contribution in [3.8, 4) is 33.8 Å². The molecule has 2 aliphatic rings. The number of rotatable bonds is 13. The van der Waals surface area contributed by atoms with Crippen LogP contribution in [0.1, 0.15) is 63.7 Å². The van der Waals surface area contributed by atoms with Crippen molar-refractivity contribution in [3.05, 3.63) is 170 Å². The van der Waals surface area contributed by atoms with Gasteiger partial charge >= 0.3 is 5.97 Å². The van der Waals surface area contributed by atoms with Crippen LogP contribution in [0.5, 0.6) is 17.2 Å². The number of ether oxygens (including phenoxy) is 3. The minimum absolute atomic E-state index is 0.107. The molecule has 3 heterocycles. The van der Waals surface area contributed by atoms with Gasteiger partial charge in [0.05, 0.1) is 27.7 Å². The number of fused-ring (bicyclic) bond motifs is 2. The number of nitriles is 1. The number of amides is 1. The van der Waals surface area contributed by atoms with Gasteiger partial charge in [-0.15, -0.1) is 11.3 Å². The topological polar surface area (TPSA) is 121 Å². The summed E-state index contributed by atoms with van der Waals surface area (Å²) >= 11 is 13.7. The molecule has 2 aliphatic heterocycles. The molecule has 0 aliphatic carbocycles. The summed E-state index contributed by atoms with van der Waals surface area (Å²) in [5.74, 6) is 0.490. The molecule has 6 aromatic rings. The number of hydrogen-bond donors (Lipinski definition) is 2. The van der Waals surface area contributed by atoms with Crippen molar-refractivity contribution in [3.63, 3.8) is 0 Å². The summed E-state index contributed by atoms with van der Waals surface area (Å²) in [6, 6.07) is 38.6. The normalized spacial score (nSPS) is 16.8. The quantitative estimate of drug-likeness (QED) is 0.118. The average Bonchev–Trinajstić information content (AvgIpc) is 3.75. The molecule has 60 heavy (non-hydrogen) atoms. The molecule has 8 rings (SSSR count). The van der Waals surface area contributed by atoms with Crippen molar-refractivity contribution >= 4 is 46.4 Å². The molecule has 0 spiro atoms. The smallest absolute Gasteiger partial charge is 0.326 e. The molecular weight excluding hydrogens is 818 g/mol. The Balaban J connectivity index is 0.993. The maximum Gasteiger partial charge on any atom is 0.326 e. The van der Waals surface area contributed by atoms with Crippen molar-refractivity contribution in [1.82, 2.24) is 10.2 Å². The Morgan fingerprint density at radius 3 is 2.42 bits per heavy atom. The molecule has 2 N–H and O–H groups in total. The summed E-state index contributed by atoms with van der Waals surface area (Å²) < 4.78 is 18.8. The Hall–Kier alpha value is -5.83. The summed E-state index contributed by atoms with van der Waals surface area (Å²) in [7, 11) is 0. The fraction of sp³-hybridized carbons (Fsp3) is 0.229. The van der Waals surface area contributed by atoms with E-state index in [1.54, 1.807) is 24.3 Å². The third-order valence-corrected chi connectivity index (χ3v) is 12.9. The van der Waals surface area contributed by atoms with Gasteiger partial charge in [0.2, 0.25) is 5.91 Å². The number of nitrogens with zero attached hydrogens (tertiary/aromatic N) is 2. The number of aliphatic carboxylic acids is 1. The first-order chi connectivity index (χ1) is 29.1. The van der Waals surface area contributed by atoms with E-state index in [0.29, 0.717) is 59.0 Å². The van der Waals surface area contributed by atoms with Crippen LogP contribution in [0.3, 0.4) is 0 Å². The molecule has 0 saturated carbocycles. The second kappa shape index (κ2) is 18.2. The van der Waals surface area contributed by atoms with Crippen LogP contribution >= 0.6 is 34.5 Å². The van der Waals surface area contributed by atoms with Crippen molar-refractivity contribution in [1.29, 1.82) is 5.26 Å². The first-order valence-electron chi connectivity index (χ1n) is 19.7. The van der Waals surface area contributed by atoms with E-state index in [1.165, 1.54) is 11.3 Å². The third-order valence-electron chi connectivity index (χ3n) is 11.0. The zero-order chi connectivity index (χ0) is 41.8. The molecule has 1 aromatic heterocycles. The Labute approximate surface area is 362 Å². The van der Waals surface area contributed by atoms with Crippen molar-refractivity contribution in [2.45, 2.75) is 63.6 Å². The van der Waals surface area contributed by atoms with E-state index in [1.807, 2.05) is 84.9 Å². The van der Waals surface area contributed by atoms with E-state index in [-0.39, 0.29) is 24.5 Å². The molecule has 0 unspecified atom stereocenters. The van der Waals surface area contributed by atoms with Gasteiger partial charge in [-0.25, -0.2) is 4.79 Å². The average molecular weight is 859 g/mol. The van der Waals surface area contributed by atoms with Gasteiger partial charge in [0.15, 0.2) is 17.6 Å². The minimum Gasteiger partial charge on any atom is -0.489 e. The predicted octanol–water partition coefficient (Wildman–Crippen LogP) is 10.4. The van der Waals surface area contributed by atoms with Gasteiger partial charge in [0.25, 0.3) is 0 Å². The number of carbonyl (C=O) groups is 2. The number of carboxylic acid groups (broad SMARTS) is 1. The molecule has 0 fully saturated rings. The first kappa shape index (κ1) is 40.9. The van der Waals surface area contributed by atoms with Gasteiger partial charge in [-0.2, -0.15) is 5.26 Å². The van der Waals surface area contributed by atoms with E-state index < -0.39 is 18.1 Å². The van der Waals surface area contributed by atoms with Crippen molar-refractivity contribution in [2.24, 2.45) is 0 Å². The summed E-state index contributed by atoms with van der Waals surface area (Å²) in [5.41, 5.74) is 6.41. The first-order valence-corrected chi connectivity index (χ1v) is 21.3. The lowest BCUT2D eigenvalue weighted by atomic mass is 9.89. The highest BCUT2D eigenvalue weighted by Crippen LogP contribution is 2.43. The van der Waals surface area contributed by atoms with Gasteiger partial charge in [-0.1, -0.05) is 90.8 Å². The Kier molecular flexibility index (Phi) is 12.4. The zero-order valence-electron chi connectivity index (χ0n) is 32.6. The van der Waals surface area contributed by atoms with E-state index in [0.717, 1.165) is 49.6 Å². The fourth-order valence-corrected chi connectivity index (χ4v) is 9.22. The van der Waals surface area contributed by atoms with Crippen LogP contribution in [0.2, 0.25) is 10.0 Å². The fourth-order valence-electron chi connectivity index (χ4n) is 7.84. The van der Waals surface area contributed by atoms with E-state index >= 15 is 0 Å². The summed E-state index contributed by atoms with van der Waals surface area (Å²) in [4.78, 5) is 31.0. The number of carbonyl (C=O) groups excluding carboxylic acids is 1. The van der Waals surface area contributed by atoms with Crippen LogP contribution in [0, 0.1) is 11.3 Å². The predicted molar refractivity (Wildman–Crippen MR) is 233 cm³/mol. The highest BCUT2D eigenvalue weighted by molar-refractivity contribution is 7.15. The SMILES string of the molecule is CC[C@@H](c1ccccc1)N1Cc2cc3c(cc2C[C@H]1C(=O)N[C@@H](Cc1ccc(-c2ccc(C#N)cc2)s1)C(=O)O)OC[C@H](c1ccc(OCc2ccc(Cl)c(Cl)c2)cc1)O3. The van der Waals surface area contributed by atoms with Gasteiger partial charge in [-0.05, 0) is 107 Å². The molecule has 0 bridgehead atoms. The molecule has 9 nitrogen and oxygen atoms in total. The Bertz CT molecular complexity index is 2540. The lowest BCUT2D eigenvalue weighted by molar-refractivity contribution is -0.143. The molecule has 5 aromatic carbocycles. The zero-order valence-corrected chi connectivity index (χ0v) is 35.0. The number of thiophene rings is 1. The second-order valence-corrected chi connectivity index (χ2v) is 16.9. The number of nitrogens with one attached hydrogen (secondary N) is 1. The van der Waals surface area contributed by atoms with Gasteiger partial charge < -0.3 is 24.6 Å². The van der Waals surface area contributed by atoms with Crippen LogP contribution in [-0.2, 0) is 35.6 Å². The van der Waals surface area contributed by atoms with Gasteiger partial charge in [-0.3, -0.25) is 9.69 Å². The van der Waals surface area contributed by atoms with Crippen LogP contribution < -0.4 is 19.5 Å². The van der Waals surface area contributed by atoms with E-state index in [9.17, 15) is 20.0 Å². The lowest BCUT2D eigenvalue weighted by Crippen LogP contribution is -2.55. The van der Waals surface area contributed by atoms with E-state index in [2.05, 4.69) is 35.3 Å². The van der Waals surface area contributed by atoms with Gasteiger partial charge in [0, 0.05) is 28.8 Å². The van der Waals surface area contributed by atoms with Gasteiger partial charge in [0.1, 0.15) is 25.0 Å². The standard InChI is InChI=1S/C48H41Cl2N3O6S/c1-2-41(31-6-4-3-5-7-31)53-26-35-23-44-43(58-28-45(59-44)32-13-15-36(16-14-32)57-27-30-10-18-38(49)39(50)20-30)22-34(35)21-42(53)47(54)52-40(48(55)56)24-37-17-19-46(60-37)33-11-8-29(25-51)9-12-33/h3-20,22-23,40-42,45H,2,21,24,26-28H2,1H3,(H,52,54)(H,55,56)/t40-,41-,42-,45+/m0/s1. The molecule has 1 amide bonds. The summed E-state index contributed by atoms with van der Waals surface area (Å²) in [5, 5.41) is 23.4. The minimum atomic E-state index is -1.13. The van der Waals surface area contributed by atoms with Crippen molar-refractivity contribution < 1.29 is 28.9 Å². The number of hydrogen-bond acceptors (Lipinski definition) is 8. The van der Waals surface area contributed by atoms with E-state index in [4.69, 9.17) is 37.4 Å². The lowest BCUT2D eigenvalue weighted by Gasteiger charge is -2.42. The van der Waals surface area contributed by atoms with Crippen molar-refractivity contribution in [2.75, 3.05) is 6.61 Å².